The van der Waals surface area contributed by atoms with Crippen LogP contribution < -0.4 is 5.32 Å². The SMILES string of the molecule is O=S(=O)(O)CCNc1ccc2cc(SOOO)c(N=Nc3ccc(N=Nc4ccc5cc(SOOO)cc(S(=O)(=O)O)c5c4)cc3O)c(O)c2c1.[Cu]. The molecule has 0 atom stereocenters. The first-order chi connectivity index (χ1) is 24.3. The summed E-state index contributed by atoms with van der Waals surface area (Å²) >= 11 is 1.00. The number of azo groups is 2. The average molecular weight is 845 g/mol. The maximum absolute atomic E-state index is 12.1. The molecule has 24 heteroatoms. The molecule has 0 saturated heterocycles. The molecule has 5 rings (SSSR count). The number of fused-ring (bicyclic) bond motifs is 2. The van der Waals surface area contributed by atoms with E-state index < -0.39 is 42.4 Å². The van der Waals surface area contributed by atoms with Crippen molar-refractivity contribution in [3.63, 3.8) is 0 Å². The van der Waals surface area contributed by atoms with Gasteiger partial charge >= 0.3 is 0 Å². The quantitative estimate of drug-likeness (QED) is 0.0133. The molecule has 0 bridgehead atoms. The minimum absolute atomic E-state index is 0. The first-order valence-electron chi connectivity index (χ1n) is 13.8. The molecule has 52 heavy (non-hydrogen) atoms. The van der Waals surface area contributed by atoms with E-state index in [-0.39, 0.29) is 66.9 Å². The Morgan fingerprint density at radius 3 is 2.04 bits per heavy atom. The summed E-state index contributed by atoms with van der Waals surface area (Å²) in [4.78, 5) is -0.122. The van der Waals surface area contributed by atoms with Gasteiger partial charge in [-0.1, -0.05) is 22.2 Å². The molecule has 0 saturated carbocycles. The molecule has 5 aromatic rings. The predicted octanol–water partition coefficient (Wildman–Crippen LogP) is 7.64. The Labute approximate surface area is 312 Å². The van der Waals surface area contributed by atoms with Crippen LogP contribution in [0, 0.1) is 0 Å². The largest absolute Gasteiger partial charge is 0.506 e. The van der Waals surface area contributed by atoms with Crippen LogP contribution in [-0.4, -0.2) is 59.0 Å². The second kappa shape index (κ2) is 17.7. The van der Waals surface area contributed by atoms with Crippen LogP contribution in [0.5, 0.6) is 11.5 Å². The van der Waals surface area contributed by atoms with Crippen molar-refractivity contribution in [2.75, 3.05) is 17.6 Å². The molecule has 1 radical (unpaired) electrons. The van der Waals surface area contributed by atoms with Crippen LogP contribution in [0.3, 0.4) is 0 Å². The molecule has 0 unspecified atom stereocenters. The Bertz CT molecular complexity index is 2390. The number of phenolic OH excluding ortho intramolecular Hbond substituents is 2. The summed E-state index contributed by atoms with van der Waals surface area (Å²) in [5.41, 5.74) is 0.550. The van der Waals surface area contributed by atoms with E-state index in [2.05, 4.69) is 44.5 Å². The second-order valence-electron chi connectivity index (χ2n) is 10.0. The van der Waals surface area contributed by atoms with Gasteiger partial charge < -0.3 is 15.5 Å². The van der Waals surface area contributed by atoms with Crippen LogP contribution in [-0.2, 0) is 56.0 Å². The zero-order chi connectivity index (χ0) is 36.8. The molecule has 0 heterocycles. The normalized spacial score (nSPS) is 12.2. The number of hydrogen-bond acceptors (Lipinski definition) is 19. The van der Waals surface area contributed by atoms with E-state index in [9.17, 15) is 31.6 Å². The third-order valence-corrected chi connectivity index (χ3v) is 9.50. The summed E-state index contributed by atoms with van der Waals surface area (Å²) < 4.78 is 73.8. The summed E-state index contributed by atoms with van der Waals surface area (Å²) in [7, 11) is -8.89. The maximum Gasteiger partial charge on any atom is 0.295 e. The van der Waals surface area contributed by atoms with Crippen LogP contribution in [0.25, 0.3) is 21.5 Å². The number of rotatable bonds is 15. The van der Waals surface area contributed by atoms with Gasteiger partial charge in [-0.15, -0.1) is 18.9 Å². The minimum Gasteiger partial charge on any atom is -0.506 e. The van der Waals surface area contributed by atoms with Gasteiger partial charge in [0.05, 0.1) is 46.1 Å². The van der Waals surface area contributed by atoms with Crippen LogP contribution >= 0.6 is 24.1 Å². The maximum atomic E-state index is 12.1. The Hall–Kier alpha value is -3.98. The van der Waals surface area contributed by atoms with Crippen molar-refractivity contribution in [1.82, 2.24) is 0 Å². The van der Waals surface area contributed by atoms with Crippen molar-refractivity contribution in [3.05, 3.63) is 72.8 Å². The molecule has 0 aromatic heterocycles. The van der Waals surface area contributed by atoms with Gasteiger partial charge in [0.1, 0.15) is 22.0 Å². The number of benzene rings is 5. The fourth-order valence-corrected chi connectivity index (χ4v) is 6.64. The van der Waals surface area contributed by atoms with Gasteiger partial charge in [0.25, 0.3) is 20.2 Å². The fourth-order valence-electron chi connectivity index (χ4n) is 4.53. The van der Waals surface area contributed by atoms with Gasteiger partial charge in [0.2, 0.25) is 0 Å². The first kappa shape index (κ1) is 40.8. The fraction of sp³-hybridized carbons (Fsp3) is 0.0714. The number of hydrogen-bond donors (Lipinski definition) is 7. The van der Waals surface area contributed by atoms with Gasteiger partial charge in [-0.2, -0.15) is 27.1 Å². The molecule has 7 N–H and O–H groups in total. The number of nitrogens with one attached hydrogen (secondary N) is 1. The molecule has 0 aliphatic heterocycles. The van der Waals surface area contributed by atoms with Crippen LogP contribution in [0.4, 0.5) is 28.4 Å². The molecule has 0 spiro atoms. The molecule has 19 nitrogen and oxygen atoms in total. The molecule has 0 aliphatic carbocycles. The number of phenols is 2. The summed E-state index contributed by atoms with van der Waals surface area (Å²) in [6.07, 6.45) is 0. The van der Waals surface area contributed by atoms with Gasteiger partial charge in [0, 0.05) is 51.0 Å². The van der Waals surface area contributed by atoms with Crippen LogP contribution in [0.1, 0.15) is 0 Å². The van der Waals surface area contributed by atoms with E-state index in [0.29, 0.717) is 40.5 Å². The third-order valence-electron chi connectivity index (χ3n) is 6.71. The summed E-state index contributed by atoms with van der Waals surface area (Å²) in [6, 6.07) is 17.2. The van der Waals surface area contributed by atoms with Crippen molar-refractivity contribution < 1.29 is 82.5 Å². The van der Waals surface area contributed by atoms with E-state index in [1.54, 1.807) is 12.1 Å². The first-order valence-corrected chi connectivity index (χ1v) is 18.3. The number of aromatic hydroxyl groups is 2. The zero-order valence-electron chi connectivity index (χ0n) is 25.5. The van der Waals surface area contributed by atoms with E-state index in [1.165, 1.54) is 54.6 Å². The molecular weight excluding hydrogens is 822 g/mol. The van der Waals surface area contributed by atoms with Crippen molar-refractivity contribution in [2.24, 2.45) is 20.5 Å². The molecule has 279 valence electrons. The topological polar surface area (TPSA) is 288 Å². The number of anilines is 1. The Balaban J connectivity index is 0.00000605. The Morgan fingerprint density at radius 1 is 0.712 bits per heavy atom. The monoisotopic (exact) mass is 844 g/mol. The van der Waals surface area contributed by atoms with E-state index in [4.69, 9.17) is 15.1 Å². The van der Waals surface area contributed by atoms with Crippen molar-refractivity contribution in [3.8, 4) is 11.5 Å². The van der Waals surface area contributed by atoms with Crippen molar-refractivity contribution >= 4 is 94.3 Å². The van der Waals surface area contributed by atoms with Gasteiger partial charge in [0.15, 0.2) is 5.75 Å². The molecule has 0 amide bonds. The van der Waals surface area contributed by atoms with Crippen LogP contribution in [0.15, 0.2) is 108 Å². The van der Waals surface area contributed by atoms with Crippen molar-refractivity contribution in [1.29, 1.82) is 0 Å². The van der Waals surface area contributed by atoms with Gasteiger partial charge in [-0.05, 0) is 65.4 Å². The van der Waals surface area contributed by atoms with E-state index in [0.717, 1.165) is 6.07 Å². The van der Waals surface area contributed by atoms with Gasteiger partial charge in [-0.3, -0.25) is 9.11 Å². The molecule has 0 fully saturated rings. The smallest absolute Gasteiger partial charge is 0.295 e. The van der Waals surface area contributed by atoms with Gasteiger partial charge in [-0.25, -0.2) is 10.5 Å². The minimum atomic E-state index is -4.69. The summed E-state index contributed by atoms with van der Waals surface area (Å²) in [5, 5.41) is 66.3. The standard InChI is InChI=1S/C28H23N5O14S4.Cu/c34-24-13-19(31-30-18-4-2-15-9-20(48-46-44-36)14-26(21(15)12-18)51(41,42)43)5-6-23(24)32-33-27-25(49-47-45-37)10-16-1-3-17(11-22(16)28(27)35)29-7-8-50(38,39)40;/h1-6,9-14,29,34-37H,7-8H2,(H,38,39,40)(H,41,42,43);. The summed E-state index contributed by atoms with van der Waals surface area (Å²) in [6.45, 7) is -0.112. The Kier molecular flexibility index (Phi) is 13.9. The second-order valence-corrected chi connectivity index (χ2v) is 14.5. The molecular formula is C28H23CuN5O14S4. The van der Waals surface area contributed by atoms with E-state index in [1.807, 2.05) is 0 Å². The van der Waals surface area contributed by atoms with Crippen LogP contribution in [0.2, 0.25) is 0 Å². The summed E-state index contributed by atoms with van der Waals surface area (Å²) in [5.74, 6) is -1.33. The van der Waals surface area contributed by atoms with Crippen molar-refractivity contribution in [2.45, 2.75) is 14.7 Å². The molecule has 0 aliphatic rings. The molecule has 5 aromatic carbocycles. The predicted molar refractivity (Wildman–Crippen MR) is 182 cm³/mol. The van der Waals surface area contributed by atoms with E-state index >= 15 is 0 Å². The third kappa shape index (κ3) is 10.6. The average Bonchev–Trinajstić information content (AvgIpc) is 3.08. The Morgan fingerprint density at radius 2 is 1.37 bits per heavy atom. The number of nitrogens with zero attached hydrogens (tertiary/aromatic N) is 4. The zero-order valence-corrected chi connectivity index (χ0v) is 29.7.